The number of hydrogen-bond donors (Lipinski definition) is 1. The molecule has 1 fully saturated rings. The fourth-order valence-corrected chi connectivity index (χ4v) is 3.82. The van der Waals surface area contributed by atoms with Gasteiger partial charge in [0.1, 0.15) is 11.6 Å². The van der Waals surface area contributed by atoms with Gasteiger partial charge in [0, 0.05) is 56.0 Å². The summed E-state index contributed by atoms with van der Waals surface area (Å²) in [6.07, 6.45) is 5.49. The first-order valence-corrected chi connectivity index (χ1v) is 9.22. The van der Waals surface area contributed by atoms with Crippen LogP contribution in [-0.2, 0) is 19.5 Å². The van der Waals surface area contributed by atoms with Gasteiger partial charge in [-0.15, -0.1) is 0 Å². The molecule has 2 aliphatic heterocycles. The van der Waals surface area contributed by atoms with Crippen LogP contribution in [0.5, 0.6) is 5.75 Å². The summed E-state index contributed by atoms with van der Waals surface area (Å²) in [6.45, 7) is 5.05. The number of benzene rings is 1. The van der Waals surface area contributed by atoms with Crippen molar-refractivity contribution >= 4 is 0 Å². The molecule has 1 N–H and O–H groups in total. The number of ether oxygens (including phenoxy) is 1. The number of rotatable bonds is 4. The second kappa shape index (κ2) is 7.50. The van der Waals surface area contributed by atoms with E-state index in [0.29, 0.717) is 5.92 Å². The molecule has 5 heteroatoms. The number of fused-ring (bicyclic) bond motifs is 1. The molecule has 3 heterocycles. The van der Waals surface area contributed by atoms with Gasteiger partial charge in [0.25, 0.3) is 0 Å². The van der Waals surface area contributed by atoms with E-state index in [0.717, 1.165) is 50.7 Å². The quantitative estimate of drug-likeness (QED) is 0.928. The SMILES string of the molecule is COc1cccc(CN2CCc3nc(C4CCCNC4)ncc3C2)c1. The maximum absolute atomic E-state index is 5.33. The molecule has 25 heavy (non-hydrogen) atoms. The first-order chi connectivity index (χ1) is 12.3. The molecule has 1 aromatic carbocycles. The van der Waals surface area contributed by atoms with Crippen molar-refractivity contribution in [2.75, 3.05) is 26.7 Å². The molecule has 5 nitrogen and oxygen atoms in total. The second-order valence-corrected chi connectivity index (χ2v) is 7.06. The summed E-state index contributed by atoms with van der Waals surface area (Å²) in [5, 5.41) is 3.46. The highest BCUT2D eigenvalue weighted by atomic mass is 16.5. The zero-order valence-corrected chi connectivity index (χ0v) is 14.9. The summed E-state index contributed by atoms with van der Waals surface area (Å²) in [6, 6.07) is 8.32. The molecule has 0 amide bonds. The average Bonchev–Trinajstić information content (AvgIpc) is 2.68. The molecular weight excluding hydrogens is 312 g/mol. The van der Waals surface area contributed by atoms with Gasteiger partial charge in [-0.05, 0) is 37.1 Å². The zero-order valence-electron chi connectivity index (χ0n) is 14.9. The van der Waals surface area contributed by atoms with Crippen molar-refractivity contribution in [1.29, 1.82) is 0 Å². The first kappa shape index (κ1) is 16.5. The zero-order chi connectivity index (χ0) is 17.1. The van der Waals surface area contributed by atoms with Gasteiger partial charge in [-0.25, -0.2) is 9.97 Å². The van der Waals surface area contributed by atoms with Crippen LogP contribution in [0.1, 0.15) is 41.4 Å². The van der Waals surface area contributed by atoms with Crippen LogP contribution in [0.15, 0.2) is 30.5 Å². The van der Waals surface area contributed by atoms with Crippen LogP contribution in [0.3, 0.4) is 0 Å². The number of methoxy groups -OCH3 is 1. The van der Waals surface area contributed by atoms with Crippen molar-refractivity contribution in [1.82, 2.24) is 20.2 Å². The van der Waals surface area contributed by atoms with Crippen molar-refractivity contribution in [2.45, 2.75) is 38.3 Å². The fourth-order valence-electron chi connectivity index (χ4n) is 3.82. The van der Waals surface area contributed by atoms with Crippen LogP contribution >= 0.6 is 0 Å². The topological polar surface area (TPSA) is 50.3 Å². The minimum atomic E-state index is 0.480. The smallest absolute Gasteiger partial charge is 0.132 e. The predicted molar refractivity (Wildman–Crippen MR) is 97.7 cm³/mol. The molecule has 1 unspecified atom stereocenters. The number of nitrogens with one attached hydrogen (secondary N) is 1. The summed E-state index contributed by atoms with van der Waals surface area (Å²) >= 11 is 0. The Morgan fingerprint density at radius 2 is 2.32 bits per heavy atom. The van der Waals surface area contributed by atoms with Crippen molar-refractivity contribution in [3.05, 3.63) is 53.1 Å². The molecule has 0 radical (unpaired) electrons. The third kappa shape index (κ3) is 3.83. The number of piperidine rings is 1. The van der Waals surface area contributed by atoms with E-state index in [2.05, 4.69) is 39.6 Å². The molecule has 0 bridgehead atoms. The van der Waals surface area contributed by atoms with Crippen LogP contribution in [0, 0.1) is 0 Å². The third-order valence-corrected chi connectivity index (χ3v) is 5.23. The standard InChI is InChI=1S/C20H26N4O/c1-25-18-6-2-4-15(10-18)13-24-9-7-19-17(14-24)12-22-20(23-19)16-5-3-8-21-11-16/h2,4,6,10,12,16,21H,3,5,7-9,11,13-14H2,1H3. The largest absolute Gasteiger partial charge is 0.497 e. The fraction of sp³-hybridized carbons (Fsp3) is 0.500. The summed E-state index contributed by atoms with van der Waals surface area (Å²) in [7, 11) is 1.72. The minimum absolute atomic E-state index is 0.480. The Labute approximate surface area is 149 Å². The van der Waals surface area contributed by atoms with E-state index in [1.807, 2.05) is 6.07 Å². The lowest BCUT2D eigenvalue weighted by Crippen LogP contribution is -2.32. The molecule has 4 rings (SSSR count). The van der Waals surface area contributed by atoms with Gasteiger partial charge in [0.2, 0.25) is 0 Å². The lowest BCUT2D eigenvalue weighted by molar-refractivity contribution is 0.242. The van der Waals surface area contributed by atoms with Gasteiger partial charge in [0.05, 0.1) is 7.11 Å². The lowest BCUT2D eigenvalue weighted by atomic mass is 9.98. The summed E-state index contributed by atoms with van der Waals surface area (Å²) in [4.78, 5) is 12.1. The maximum atomic E-state index is 5.33. The number of hydrogen-bond acceptors (Lipinski definition) is 5. The molecule has 132 valence electrons. The van der Waals surface area contributed by atoms with Crippen LogP contribution in [0.2, 0.25) is 0 Å². The Bertz CT molecular complexity index is 727. The van der Waals surface area contributed by atoms with E-state index >= 15 is 0 Å². The molecule has 1 aromatic heterocycles. The van der Waals surface area contributed by atoms with Crippen LogP contribution in [-0.4, -0.2) is 41.6 Å². The number of aromatic nitrogens is 2. The third-order valence-electron chi connectivity index (χ3n) is 5.23. The van der Waals surface area contributed by atoms with Gasteiger partial charge < -0.3 is 10.1 Å². The van der Waals surface area contributed by atoms with Gasteiger partial charge >= 0.3 is 0 Å². The Morgan fingerprint density at radius 3 is 3.16 bits per heavy atom. The molecule has 1 atom stereocenters. The van der Waals surface area contributed by atoms with E-state index in [-0.39, 0.29) is 0 Å². The molecule has 1 saturated heterocycles. The second-order valence-electron chi connectivity index (χ2n) is 7.06. The molecule has 0 spiro atoms. The minimum Gasteiger partial charge on any atom is -0.497 e. The van der Waals surface area contributed by atoms with Crippen LogP contribution in [0.25, 0.3) is 0 Å². The summed E-state index contributed by atoms with van der Waals surface area (Å²) in [5.41, 5.74) is 3.81. The highest BCUT2D eigenvalue weighted by Gasteiger charge is 2.22. The molecular formula is C20H26N4O. The predicted octanol–water partition coefficient (Wildman–Crippen LogP) is 2.51. The molecule has 0 saturated carbocycles. The molecule has 2 aromatic rings. The van der Waals surface area contributed by atoms with Gasteiger partial charge in [-0.1, -0.05) is 12.1 Å². The molecule has 2 aliphatic rings. The van der Waals surface area contributed by atoms with Crippen LogP contribution in [0.4, 0.5) is 0 Å². The average molecular weight is 338 g/mol. The highest BCUT2D eigenvalue weighted by molar-refractivity contribution is 5.29. The Kier molecular flexibility index (Phi) is 4.95. The van der Waals surface area contributed by atoms with E-state index in [4.69, 9.17) is 9.72 Å². The first-order valence-electron chi connectivity index (χ1n) is 9.22. The van der Waals surface area contributed by atoms with Gasteiger partial charge in [-0.3, -0.25) is 4.90 Å². The molecule has 0 aliphatic carbocycles. The van der Waals surface area contributed by atoms with Gasteiger partial charge in [-0.2, -0.15) is 0 Å². The van der Waals surface area contributed by atoms with Gasteiger partial charge in [0.15, 0.2) is 0 Å². The normalized spacial score (nSPS) is 20.9. The Morgan fingerprint density at radius 1 is 1.36 bits per heavy atom. The highest BCUT2D eigenvalue weighted by Crippen LogP contribution is 2.24. The lowest BCUT2D eigenvalue weighted by Gasteiger charge is -2.29. The monoisotopic (exact) mass is 338 g/mol. The van der Waals surface area contributed by atoms with E-state index < -0.39 is 0 Å². The maximum Gasteiger partial charge on any atom is 0.132 e. The van der Waals surface area contributed by atoms with Crippen molar-refractivity contribution in [3.63, 3.8) is 0 Å². The van der Waals surface area contributed by atoms with Crippen molar-refractivity contribution < 1.29 is 4.74 Å². The Balaban J connectivity index is 1.44. The van der Waals surface area contributed by atoms with Crippen LogP contribution < -0.4 is 10.1 Å². The summed E-state index contributed by atoms with van der Waals surface area (Å²) < 4.78 is 5.33. The van der Waals surface area contributed by atoms with E-state index in [9.17, 15) is 0 Å². The number of nitrogens with zero attached hydrogens (tertiary/aromatic N) is 3. The van der Waals surface area contributed by atoms with E-state index in [1.165, 1.54) is 29.7 Å². The van der Waals surface area contributed by atoms with Crippen molar-refractivity contribution in [2.24, 2.45) is 0 Å². The van der Waals surface area contributed by atoms with Crippen molar-refractivity contribution in [3.8, 4) is 5.75 Å². The van der Waals surface area contributed by atoms with E-state index in [1.54, 1.807) is 7.11 Å². The Hall–Kier alpha value is -1.98. The summed E-state index contributed by atoms with van der Waals surface area (Å²) in [5.74, 6) is 2.44.